The number of hydrogen-bond acceptors (Lipinski definition) is 5. The van der Waals surface area contributed by atoms with Crippen molar-refractivity contribution in [3.63, 3.8) is 0 Å². The highest BCUT2D eigenvalue weighted by Gasteiger charge is 2.17. The van der Waals surface area contributed by atoms with E-state index in [0.717, 1.165) is 64.1 Å². The summed E-state index contributed by atoms with van der Waals surface area (Å²) in [6.07, 6.45) is 3.12. The van der Waals surface area contributed by atoms with Crippen LogP contribution in [0.4, 0.5) is 5.95 Å². The predicted octanol–water partition coefficient (Wildman–Crippen LogP) is 1.53. The molecule has 2 rings (SSSR count). The maximum Gasteiger partial charge on any atom is 0.203 e. The smallest absolute Gasteiger partial charge is 0.203 e. The minimum Gasteiger partial charge on any atom is -0.385 e. The molecule has 1 N–H and O–H groups in total. The van der Waals surface area contributed by atoms with Crippen LogP contribution < -0.4 is 5.32 Å². The van der Waals surface area contributed by atoms with Crippen LogP contribution in [0, 0.1) is 6.92 Å². The van der Waals surface area contributed by atoms with Crippen LogP contribution in [0.15, 0.2) is 6.20 Å². The fourth-order valence-electron chi connectivity index (χ4n) is 2.64. The monoisotopic (exact) mass is 296 g/mol. The molecule has 1 atom stereocenters. The van der Waals surface area contributed by atoms with Crippen molar-refractivity contribution >= 4 is 5.95 Å². The predicted molar refractivity (Wildman–Crippen MR) is 83.9 cm³/mol. The van der Waals surface area contributed by atoms with Gasteiger partial charge in [0.1, 0.15) is 0 Å². The zero-order valence-electron chi connectivity index (χ0n) is 13.5. The van der Waals surface area contributed by atoms with E-state index in [9.17, 15) is 0 Å². The lowest BCUT2D eigenvalue weighted by Crippen LogP contribution is -2.39. The Hall–Kier alpha value is -1.11. The number of nitrogens with one attached hydrogen (secondary N) is 1. The second kappa shape index (κ2) is 8.36. The molecule has 0 spiro atoms. The average molecular weight is 296 g/mol. The van der Waals surface area contributed by atoms with Crippen LogP contribution in [0.1, 0.15) is 25.1 Å². The van der Waals surface area contributed by atoms with Gasteiger partial charge in [-0.2, -0.15) is 0 Å². The highest BCUT2D eigenvalue weighted by Crippen LogP contribution is 2.17. The van der Waals surface area contributed by atoms with Crippen molar-refractivity contribution in [3.05, 3.63) is 11.9 Å². The first kappa shape index (κ1) is 16.3. The Morgan fingerprint density at radius 1 is 1.43 bits per heavy atom. The number of hydrogen-bond donors (Lipinski definition) is 1. The molecule has 0 aromatic carbocycles. The summed E-state index contributed by atoms with van der Waals surface area (Å²) in [5, 5.41) is 3.42. The van der Waals surface area contributed by atoms with Crippen molar-refractivity contribution in [3.8, 4) is 0 Å². The Bertz CT molecular complexity index is 416. The molecule has 1 aliphatic rings. The van der Waals surface area contributed by atoms with Crippen LogP contribution in [0.25, 0.3) is 0 Å². The first-order chi connectivity index (χ1) is 10.2. The van der Waals surface area contributed by atoms with E-state index in [2.05, 4.69) is 32.9 Å². The molecule has 1 aromatic rings. The van der Waals surface area contributed by atoms with Gasteiger partial charge >= 0.3 is 0 Å². The van der Waals surface area contributed by atoms with Gasteiger partial charge in [-0.1, -0.05) is 0 Å². The number of ether oxygens (including phenoxy) is 2. The van der Waals surface area contributed by atoms with Crippen LogP contribution >= 0.6 is 0 Å². The molecule has 120 valence electrons. The molecule has 1 aliphatic heterocycles. The fourth-order valence-corrected chi connectivity index (χ4v) is 2.64. The topological polar surface area (TPSA) is 51.5 Å². The third kappa shape index (κ3) is 4.98. The quantitative estimate of drug-likeness (QED) is 0.737. The molecular weight excluding hydrogens is 268 g/mol. The lowest BCUT2D eigenvalue weighted by Gasteiger charge is -2.30. The van der Waals surface area contributed by atoms with Crippen molar-refractivity contribution in [1.29, 1.82) is 0 Å². The normalized spacial score (nSPS) is 17.9. The van der Waals surface area contributed by atoms with E-state index in [-0.39, 0.29) is 0 Å². The van der Waals surface area contributed by atoms with Crippen LogP contribution in [0.3, 0.4) is 0 Å². The Labute approximate surface area is 127 Å². The summed E-state index contributed by atoms with van der Waals surface area (Å²) in [4.78, 5) is 7.05. The van der Waals surface area contributed by atoms with Gasteiger partial charge in [-0.15, -0.1) is 0 Å². The molecule has 1 fully saturated rings. The lowest BCUT2D eigenvalue weighted by molar-refractivity contribution is 0.0326. The van der Waals surface area contributed by atoms with Gasteiger partial charge in [0.25, 0.3) is 0 Å². The first-order valence-corrected chi connectivity index (χ1v) is 7.79. The van der Waals surface area contributed by atoms with Gasteiger partial charge in [-0.05, 0) is 20.3 Å². The zero-order chi connectivity index (χ0) is 15.1. The summed E-state index contributed by atoms with van der Waals surface area (Å²) in [6, 6.07) is 0.397. The largest absolute Gasteiger partial charge is 0.385 e. The Morgan fingerprint density at radius 3 is 2.90 bits per heavy atom. The zero-order valence-corrected chi connectivity index (χ0v) is 13.5. The van der Waals surface area contributed by atoms with Crippen molar-refractivity contribution < 1.29 is 9.47 Å². The van der Waals surface area contributed by atoms with Gasteiger partial charge in [0.2, 0.25) is 5.95 Å². The Balaban J connectivity index is 1.90. The molecule has 21 heavy (non-hydrogen) atoms. The molecule has 6 nitrogen and oxygen atoms in total. The van der Waals surface area contributed by atoms with Crippen LogP contribution in [0.5, 0.6) is 0 Å². The van der Waals surface area contributed by atoms with Gasteiger partial charge in [0, 0.05) is 52.1 Å². The lowest BCUT2D eigenvalue weighted by atomic mass is 10.3. The van der Waals surface area contributed by atoms with E-state index in [4.69, 9.17) is 9.47 Å². The summed E-state index contributed by atoms with van der Waals surface area (Å²) in [6.45, 7) is 10.7. The molecule has 1 saturated heterocycles. The molecule has 0 saturated carbocycles. The maximum atomic E-state index is 5.41. The standard InChI is InChI=1S/C15H28N4O2/c1-13-11-19(15(17-13)16-5-4-8-20-3)14(2)12-18-6-9-21-10-7-18/h11,14H,4-10,12H2,1-3H3,(H,16,17). The van der Waals surface area contributed by atoms with E-state index in [1.54, 1.807) is 7.11 Å². The van der Waals surface area contributed by atoms with Gasteiger partial charge < -0.3 is 19.4 Å². The molecular formula is C15H28N4O2. The fraction of sp³-hybridized carbons (Fsp3) is 0.800. The van der Waals surface area contributed by atoms with Crippen LogP contribution in [-0.2, 0) is 9.47 Å². The van der Waals surface area contributed by atoms with E-state index in [1.165, 1.54) is 0 Å². The van der Waals surface area contributed by atoms with E-state index >= 15 is 0 Å². The second-order valence-corrected chi connectivity index (χ2v) is 5.65. The molecule has 6 heteroatoms. The molecule has 0 bridgehead atoms. The highest BCUT2D eigenvalue weighted by atomic mass is 16.5. The van der Waals surface area contributed by atoms with Crippen molar-refractivity contribution in [2.24, 2.45) is 0 Å². The van der Waals surface area contributed by atoms with E-state index in [1.807, 2.05) is 6.92 Å². The number of rotatable bonds is 8. The average Bonchev–Trinajstić information content (AvgIpc) is 2.86. The van der Waals surface area contributed by atoms with Gasteiger partial charge in [-0.3, -0.25) is 4.90 Å². The number of imidazole rings is 1. The van der Waals surface area contributed by atoms with Gasteiger partial charge in [0.05, 0.1) is 18.9 Å². The molecule has 0 aliphatic carbocycles. The number of methoxy groups -OCH3 is 1. The molecule has 1 unspecified atom stereocenters. The minimum atomic E-state index is 0.397. The number of aromatic nitrogens is 2. The summed E-state index contributed by atoms with van der Waals surface area (Å²) < 4.78 is 12.7. The number of nitrogens with zero attached hydrogens (tertiary/aromatic N) is 3. The third-order valence-electron chi connectivity index (χ3n) is 3.76. The SMILES string of the molecule is COCCCNc1nc(C)cn1C(C)CN1CCOCC1. The van der Waals surface area contributed by atoms with Crippen LogP contribution in [-0.4, -0.2) is 67.6 Å². The maximum absolute atomic E-state index is 5.41. The first-order valence-electron chi connectivity index (χ1n) is 7.79. The van der Waals surface area contributed by atoms with Gasteiger partial charge in [-0.25, -0.2) is 4.98 Å². The van der Waals surface area contributed by atoms with Crippen molar-refractivity contribution in [1.82, 2.24) is 14.5 Å². The third-order valence-corrected chi connectivity index (χ3v) is 3.76. The summed E-state index contributed by atoms with van der Waals surface area (Å²) >= 11 is 0. The van der Waals surface area contributed by atoms with E-state index in [0.29, 0.717) is 6.04 Å². The number of aryl methyl sites for hydroxylation is 1. The highest BCUT2D eigenvalue weighted by molar-refractivity contribution is 5.29. The Morgan fingerprint density at radius 2 is 2.19 bits per heavy atom. The minimum absolute atomic E-state index is 0.397. The molecule has 2 heterocycles. The van der Waals surface area contributed by atoms with Crippen molar-refractivity contribution in [2.45, 2.75) is 26.3 Å². The summed E-state index contributed by atoms with van der Waals surface area (Å²) in [5.41, 5.74) is 1.05. The second-order valence-electron chi connectivity index (χ2n) is 5.65. The summed E-state index contributed by atoms with van der Waals surface area (Å²) in [7, 11) is 1.73. The Kier molecular flexibility index (Phi) is 6.48. The number of anilines is 1. The molecule has 1 aromatic heterocycles. The van der Waals surface area contributed by atoms with Crippen LogP contribution in [0.2, 0.25) is 0 Å². The van der Waals surface area contributed by atoms with Crippen molar-refractivity contribution in [2.75, 3.05) is 58.4 Å². The summed E-state index contributed by atoms with van der Waals surface area (Å²) in [5.74, 6) is 0.962. The number of morpholine rings is 1. The van der Waals surface area contributed by atoms with Gasteiger partial charge in [0.15, 0.2) is 0 Å². The molecule has 0 radical (unpaired) electrons. The molecule has 0 amide bonds. The van der Waals surface area contributed by atoms with E-state index < -0.39 is 0 Å².